The van der Waals surface area contributed by atoms with Gasteiger partial charge < -0.3 is 14.2 Å². The SMILES string of the molecule is CN(C)c1nc(CNS(=O)(=O)c2ccc3oc(=O)n(C)c3c2)nc(N2CCCCC2)n1. The number of anilines is 2. The molecule has 166 valence electrons. The third kappa shape index (κ3) is 4.39. The maximum absolute atomic E-state index is 12.9. The predicted octanol–water partition coefficient (Wildman–Crippen LogP) is 0.851. The van der Waals surface area contributed by atoms with Crippen molar-refractivity contribution in [2.24, 2.45) is 7.05 Å². The second-order valence-corrected chi connectivity index (χ2v) is 9.44. The molecule has 0 bridgehead atoms. The Morgan fingerprint density at radius 1 is 1.13 bits per heavy atom. The van der Waals surface area contributed by atoms with Crippen LogP contribution in [0.1, 0.15) is 25.1 Å². The van der Waals surface area contributed by atoms with E-state index >= 15 is 0 Å². The summed E-state index contributed by atoms with van der Waals surface area (Å²) in [4.78, 5) is 28.9. The van der Waals surface area contributed by atoms with Crippen LogP contribution in [0.25, 0.3) is 11.1 Å². The Hall–Kier alpha value is -2.99. The summed E-state index contributed by atoms with van der Waals surface area (Å²) in [6.45, 7) is 1.64. The van der Waals surface area contributed by atoms with Crippen molar-refractivity contribution in [1.29, 1.82) is 0 Å². The first kappa shape index (κ1) is 21.2. The van der Waals surface area contributed by atoms with Crippen LogP contribution in [0.4, 0.5) is 11.9 Å². The van der Waals surface area contributed by atoms with Gasteiger partial charge in [-0.25, -0.2) is 17.9 Å². The Kier molecular flexibility index (Phi) is 5.67. The molecule has 0 radical (unpaired) electrons. The summed E-state index contributed by atoms with van der Waals surface area (Å²) < 4.78 is 34.6. The lowest BCUT2D eigenvalue weighted by atomic mass is 10.1. The standard InChI is InChI=1S/C19H25N7O4S/c1-24(2)17-21-16(22-18(23-17)26-9-5-4-6-10-26)12-20-31(28,29)13-7-8-15-14(11-13)25(3)19(27)30-15/h7-8,11,20H,4-6,9-10,12H2,1-3H3. The Labute approximate surface area is 179 Å². The molecule has 31 heavy (non-hydrogen) atoms. The summed E-state index contributed by atoms with van der Waals surface area (Å²) in [6.07, 6.45) is 3.33. The molecule has 1 N–H and O–H groups in total. The Bertz CT molecular complexity index is 1260. The van der Waals surface area contributed by atoms with E-state index in [-0.39, 0.29) is 11.4 Å². The minimum atomic E-state index is -3.86. The number of fused-ring (bicyclic) bond motifs is 1. The Balaban J connectivity index is 1.59. The van der Waals surface area contributed by atoms with Crippen LogP contribution < -0.4 is 20.3 Å². The number of hydrogen-bond donors (Lipinski definition) is 1. The Morgan fingerprint density at radius 3 is 2.58 bits per heavy atom. The van der Waals surface area contributed by atoms with Gasteiger partial charge in [0.1, 0.15) is 0 Å². The fourth-order valence-corrected chi connectivity index (χ4v) is 4.43. The number of rotatable bonds is 6. The normalized spacial score (nSPS) is 14.9. The molecule has 1 aliphatic rings. The van der Waals surface area contributed by atoms with Gasteiger partial charge >= 0.3 is 5.76 Å². The van der Waals surface area contributed by atoms with Crippen molar-refractivity contribution >= 4 is 33.0 Å². The number of oxazole rings is 1. The number of benzene rings is 1. The predicted molar refractivity (Wildman–Crippen MR) is 116 cm³/mol. The van der Waals surface area contributed by atoms with Crippen molar-refractivity contribution in [3.63, 3.8) is 0 Å². The summed E-state index contributed by atoms with van der Waals surface area (Å²) in [5.74, 6) is 0.811. The van der Waals surface area contributed by atoms with Gasteiger partial charge in [0.25, 0.3) is 0 Å². The summed E-state index contributed by atoms with van der Waals surface area (Å²) in [6, 6.07) is 4.26. The highest BCUT2D eigenvalue weighted by atomic mass is 32.2. The zero-order chi connectivity index (χ0) is 22.2. The van der Waals surface area contributed by atoms with E-state index in [1.807, 2.05) is 14.1 Å². The summed E-state index contributed by atoms with van der Waals surface area (Å²) in [5, 5.41) is 0. The summed E-state index contributed by atoms with van der Waals surface area (Å²) in [5.41, 5.74) is 0.723. The summed E-state index contributed by atoms with van der Waals surface area (Å²) >= 11 is 0. The van der Waals surface area contributed by atoms with E-state index < -0.39 is 15.8 Å². The minimum absolute atomic E-state index is 0.0227. The number of piperidine rings is 1. The number of sulfonamides is 1. The van der Waals surface area contributed by atoms with Gasteiger partial charge in [-0.3, -0.25) is 4.57 Å². The van der Waals surface area contributed by atoms with Gasteiger partial charge in [-0.2, -0.15) is 15.0 Å². The highest BCUT2D eigenvalue weighted by molar-refractivity contribution is 7.89. The molecule has 3 heterocycles. The molecular formula is C19H25N7O4S. The molecule has 0 aliphatic carbocycles. The highest BCUT2D eigenvalue weighted by Crippen LogP contribution is 2.20. The molecule has 2 aromatic heterocycles. The molecule has 4 rings (SSSR count). The highest BCUT2D eigenvalue weighted by Gasteiger charge is 2.20. The van der Waals surface area contributed by atoms with E-state index in [0.29, 0.717) is 28.8 Å². The van der Waals surface area contributed by atoms with Crippen molar-refractivity contribution < 1.29 is 12.8 Å². The first-order valence-corrected chi connectivity index (χ1v) is 11.5. The number of nitrogens with zero attached hydrogens (tertiary/aromatic N) is 6. The van der Waals surface area contributed by atoms with Crippen LogP contribution in [-0.2, 0) is 23.6 Å². The van der Waals surface area contributed by atoms with Crippen LogP contribution in [-0.4, -0.2) is 55.1 Å². The molecule has 0 amide bonds. The zero-order valence-electron chi connectivity index (χ0n) is 17.7. The van der Waals surface area contributed by atoms with E-state index in [9.17, 15) is 13.2 Å². The van der Waals surface area contributed by atoms with Gasteiger partial charge in [-0.05, 0) is 37.5 Å². The lowest BCUT2D eigenvalue weighted by Gasteiger charge is -2.27. The average molecular weight is 448 g/mol. The van der Waals surface area contributed by atoms with Crippen molar-refractivity contribution in [3.8, 4) is 0 Å². The molecule has 1 saturated heterocycles. The van der Waals surface area contributed by atoms with Crippen LogP contribution >= 0.6 is 0 Å². The largest absolute Gasteiger partial charge is 0.419 e. The second kappa shape index (κ2) is 8.27. The molecule has 1 aliphatic heterocycles. The van der Waals surface area contributed by atoms with Crippen LogP contribution in [0, 0.1) is 0 Å². The number of aromatic nitrogens is 4. The molecule has 11 nitrogen and oxygen atoms in total. The smallest absolute Gasteiger partial charge is 0.408 e. The van der Waals surface area contributed by atoms with Gasteiger partial charge in [0, 0.05) is 34.2 Å². The Morgan fingerprint density at radius 2 is 1.87 bits per heavy atom. The molecular weight excluding hydrogens is 422 g/mol. The van der Waals surface area contributed by atoms with E-state index in [4.69, 9.17) is 4.42 Å². The topological polar surface area (TPSA) is 126 Å². The van der Waals surface area contributed by atoms with Crippen molar-refractivity contribution in [2.75, 3.05) is 37.0 Å². The summed E-state index contributed by atoms with van der Waals surface area (Å²) in [7, 11) is 1.31. The van der Waals surface area contributed by atoms with E-state index in [1.165, 1.54) is 36.2 Å². The van der Waals surface area contributed by atoms with Gasteiger partial charge in [-0.1, -0.05) is 0 Å². The molecule has 1 aromatic carbocycles. The molecule has 3 aromatic rings. The number of nitrogens with one attached hydrogen (secondary N) is 1. The number of hydrogen-bond acceptors (Lipinski definition) is 9. The van der Waals surface area contributed by atoms with Gasteiger partial charge in [0.15, 0.2) is 11.4 Å². The second-order valence-electron chi connectivity index (χ2n) is 7.67. The maximum Gasteiger partial charge on any atom is 0.419 e. The number of aryl methyl sites for hydroxylation is 1. The first-order chi connectivity index (χ1) is 14.7. The maximum atomic E-state index is 12.9. The molecule has 0 saturated carbocycles. The fraction of sp³-hybridized carbons (Fsp3) is 0.474. The van der Waals surface area contributed by atoms with Crippen LogP contribution in [0.3, 0.4) is 0 Å². The minimum Gasteiger partial charge on any atom is -0.408 e. The van der Waals surface area contributed by atoms with Gasteiger partial charge in [-0.15, -0.1) is 0 Å². The quantitative estimate of drug-likeness (QED) is 0.585. The molecule has 0 unspecified atom stereocenters. The van der Waals surface area contributed by atoms with E-state index in [2.05, 4.69) is 24.6 Å². The zero-order valence-corrected chi connectivity index (χ0v) is 18.5. The third-order valence-corrected chi connectivity index (χ3v) is 6.59. The third-order valence-electron chi connectivity index (χ3n) is 5.19. The lowest BCUT2D eigenvalue weighted by molar-refractivity contribution is 0.528. The molecule has 1 fully saturated rings. The first-order valence-electron chi connectivity index (χ1n) is 10.0. The lowest BCUT2D eigenvalue weighted by Crippen LogP contribution is -2.33. The van der Waals surface area contributed by atoms with Crippen molar-refractivity contribution in [3.05, 3.63) is 34.6 Å². The van der Waals surface area contributed by atoms with E-state index in [0.717, 1.165) is 25.9 Å². The molecule has 0 spiro atoms. The monoisotopic (exact) mass is 447 g/mol. The van der Waals surface area contributed by atoms with Gasteiger partial charge in [0.05, 0.1) is 17.0 Å². The van der Waals surface area contributed by atoms with Gasteiger partial charge in [0.2, 0.25) is 21.9 Å². The average Bonchev–Trinajstić information content (AvgIpc) is 3.06. The van der Waals surface area contributed by atoms with Crippen LogP contribution in [0.5, 0.6) is 0 Å². The fourth-order valence-electron chi connectivity index (χ4n) is 3.43. The van der Waals surface area contributed by atoms with E-state index in [1.54, 1.807) is 4.90 Å². The molecule has 12 heteroatoms. The van der Waals surface area contributed by atoms with Crippen LogP contribution in [0.15, 0.2) is 32.3 Å². The van der Waals surface area contributed by atoms with Crippen LogP contribution in [0.2, 0.25) is 0 Å². The molecule has 0 atom stereocenters. The van der Waals surface area contributed by atoms with Crippen molar-refractivity contribution in [1.82, 2.24) is 24.2 Å². The van der Waals surface area contributed by atoms with Crippen molar-refractivity contribution in [2.45, 2.75) is 30.7 Å².